The third-order valence-electron chi connectivity index (χ3n) is 6.38. The van der Waals surface area contributed by atoms with Crippen molar-refractivity contribution in [3.05, 3.63) is 28.2 Å². The van der Waals surface area contributed by atoms with Gasteiger partial charge in [-0.25, -0.2) is 13.4 Å². The second-order valence-corrected chi connectivity index (χ2v) is 12.2. The maximum Gasteiger partial charge on any atom is 0.224 e. The van der Waals surface area contributed by atoms with Crippen molar-refractivity contribution in [2.24, 2.45) is 11.3 Å². The first kappa shape index (κ1) is 17.9. The molecule has 8 heteroatoms. The minimum atomic E-state index is -3.01. The van der Waals surface area contributed by atoms with E-state index in [2.05, 4.69) is 5.32 Å². The number of benzene rings is 1. The third-order valence-corrected chi connectivity index (χ3v) is 9.57. The monoisotopic (exact) mass is 424 g/mol. The van der Waals surface area contributed by atoms with E-state index in [1.54, 1.807) is 11.3 Å². The molecule has 1 atom stereocenters. The van der Waals surface area contributed by atoms with Crippen molar-refractivity contribution in [3.63, 3.8) is 0 Å². The summed E-state index contributed by atoms with van der Waals surface area (Å²) in [6.45, 7) is 0. The van der Waals surface area contributed by atoms with Gasteiger partial charge in [0, 0.05) is 17.0 Å². The van der Waals surface area contributed by atoms with Gasteiger partial charge in [0.1, 0.15) is 0 Å². The minimum absolute atomic E-state index is 0.0143. The molecule has 3 aliphatic rings. The number of carbonyl (C=O) groups is 1. The van der Waals surface area contributed by atoms with Gasteiger partial charge in [0.05, 0.1) is 32.6 Å². The van der Waals surface area contributed by atoms with E-state index in [4.69, 9.17) is 16.6 Å². The van der Waals surface area contributed by atoms with Gasteiger partial charge in [-0.1, -0.05) is 11.6 Å². The van der Waals surface area contributed by atoms with Gasteiger partial charge in [0.2, 0.25) is 5.91 Å². The lowest BCUT2D eigenvalue weighted by Crippen LogP contribution is -2.56. The average Bonchev–Trinajstić information content (AvgIpc) is 3.10. The molecule has 1 N–H and O–H groups in total. The Morgan fingerprint density at radius 1 is 1.26 bits per heavy atom. The van der Waals surface area contributed by atoms with Crippen molar-refractivity contribution in [2.45, 2.75) is 44.1 Å². The Hall–Kier alpha value is -1.18. The summed E-state index contributed by atoms with van der Waals surface area (Å²) < 4.78 is 24.2. The topological polar surface area (TPSA) is 76.1 Å². The molecule has 5 nitrogen and oxygen atoms in total. The number of nitrogens with zero attached hydrogens (tertiary/aromatic N) is 1. The van der Waals surface area contributed by atoms with Crippen molar-refractivity contribution in [2.75, 3.05) is 11.5 Å². The van der Waals surface area contributed by atoms with Crippen LogP contribution in [0.15, 0.2) is 18.2 Å². The minimum Gasteiger partial charge on any atom is -0.353 e. The van der Waals surface area contributed by atoms with Gasteiger partial charge in [-0.15, -0.1) is 11.3 Å². The zero-order valence-electron chi connectivity index (χ0n) is 14.8. The zero-order valence-corrected chi connectivity index (χ0v) is 17.2. The molecule has 1 aromatic carbocycles. The number of hydrogen-bond acceptors (Lipinski definition) is 5. The van der Waals surface area contributed by atoms with Crippen LogP contribution in [0.1, 0.15) is 43.0 Å². The van der Waals surface area contributed by atoms with Crippen LogP contribution in [0.2, 0.25) is 5.02 Å². The van der Waals surface area contributed by atoms with Crippen molar-refractivity contribution in [1.29, 1.82) is 0 Å². The van der Waals surface area contributed by atoms with E-state index in [0.717, 1.165) is 40.9 Å². The summed E-state index contributed by atoms with van der Waals surface area (Å²) in [6.07, 6.45) is 4.74. The summed E-state index contributed by atoms with van der Waals surface area (Å²) in [4.78, 5) is 17.0. The number of nitrogens with one attached hydrogen (secondary N) is 1. The van der Waals surface area contributed by atoms with E-state index in [-0.39, 0.29) is 29.4 Å². The van der Waals surface area contributed by atoms with Gasteiger partial charge >= 0.3 is 0 Å². The third kappa shape index (κ3) is 3.28. The molecule has 1 spiro atoms. The molecule has 3 fully saturated rings. The molecular weight excluding hydrogens is 404 g/mol. The summed E-state index contributed by atoms with van der Waals surface area (Å²) in [5.41, 5.74) is 1.37. The molecule has 0 radical (unpaired) electrons. The largest absolute Gasteiger partial charge is 0.353 e. The predicted molar refractivity (Wildman–Crippen MR) is 107 cm³/mol. The second-order valence-electron chi connectivity index (χ2n) is 8.48. The van der Waals surface area contributed by atoms with Gasteiger partial charge in [0.25, 0.3) is 0 Å². The fourth-order valence-electron chi connectivity index (χ4n) is 4.99. The van der Waals surface area contributed by atoms with Crippen molar-refractivity contribution < 1.29 is 13.2 Å². The predicted octanol–water partition coefficient (Wildman–Crippen LogP) is 3.53. The first-order chi connectivity index (χ1) is 12.8. The highest BCUT2D eigenvalue weighted by atomic mass is 35.5. The van der Waals surface area contributed by atoms with E-state index in [1.807, 2.05) is 18.2 Å². The fraction of sp³-hybridized carbons (Fsp3) is 0.579. The Morgan fingerprint density at radius 3 is 2.74 bits per heavy atom. The second kappa shape index (κ2) is 6.16. The Morgan fingerprint density at radius 2 is 2.04 bits per heavy atom. The number of carbonyl (C=O) groups excluding carboxylic acids is 1. The quantitative estimate of drug-likeness (QED) is 0.817. The first-order valence-electron chi connectivity index (χ1n) is 9.38. The lowest BCUT2D eigenvalue weighted by molar-refractivity contribution is -0.128. The number of aromatic nitrogens is 1. The summed E-state index contributed by atoms with van der Waals surface area (Å²) in [5, 5.41) is 5.01. The number of thiazole rings is 1. The fourth-order valence-corrected chi connectivity index (χ4v) is 8.08. The van der Waals surface area contributed by atoms with Gasteiger partial charge in [-0.3, -0.25) is 4.79 Å². The van der Waals surface area contributed by atoms with Crippen molar-refractivity contribution in [1.82, 2.24) is 10.3 Å². The molecular formula is C19H21ClN2O3S2. The van der Waals surface area contributed by atoms with E-state index in [9.17, 15) is 13.2 Å². The number of rotatable bonds is 3. The SMILES string of the molecule is O=C(NC1CC2(C1)CC(c1nc3ccc(Cl)cc3s1)C2)C1CCS(=O)(=O)C1. The molecule has 27 heavy (non-hydrogen) atoms. The molecule has 1 aliphatic heterocycles. The average molecular weight is 425 g/mol. The smallest absolute Gasteiger partial charge is 0.224 e. The van der Waals surface area contributed by atoms with Crippen LogP contribution in [0.3, 0.4) is 0 Å². The first-order valence-corrected chi connectivity index (χ1v) is 12.4. The van der Waals surface area contributed by atoms with Crippen LogP contribution in [0, 0.1) is 11.3 Å². The molecule has 144 valence electrons. The highest BCUT2D eigenvalue weighted by Gasteiger charge is 2.54. The molecule has 5 rings (SSSR count). The molecule has 2 saturated carbocycles. The number of hydrogen-bond donors (Lipinski definition) is 1. The van der Waals surface area contributed by atoms with Gasteiger partial charge in [0.15, 0.2) is 9.84 Å². The lowest BCUT2D eigenvalue weighted by atomic mass is 9.50. The zero-order chi connectivity index (χ0) is 18.8. The molecule has 1 saturated heterocycles. The molecule has 1 aromatic heterocycles. The Kier molecular flexibility index (Phi) is 4.08. The Labute approximate surface area is 167 Å². The van der Waals surface area contributed by atoms with Crippen LogP contribution < -0.4 is 5.32 Å². The highest BCUT2D eigenvalue weighted by molar-refractivity contribution is 7.91. The lowest BCUT2D eigenvalue weighted by Gasteiger charge is -2.57. The van der Waals surface area contributed by atoms with Crippen LogP contribution in [0.4, 0.5) is 0 Å². The highest BCUT2D eigenvalue weighted by Crippen LogP contribution is 2.62. The number of sulfone groups is 1. The molecule has 2 aromatic rings. The van der Waals surface area contributed by atoms with Crippen LogP contribution in [0.25, 0.3) is 10.2 Å². The van der Waals surface area contributed by atoms with Crippen molar-refractivity contribution >= 4 is 48.9 Å². The summed E-state index contributed by atoms with van der Waals surface area (Å²) in [7, 11) is -3.01. The van der Waals surface area contributed by atoms with Gasteiger partial charge in [-0.2, -0.15) is 0 Å². The van der Waals surface area contributed by atoms with Crippen LogP contribution in [-0.2, 0) is 14.6 Å². The van der Waals surface area contributed by atoms with E-state index >= 15 is 0 Å². The van der Waals surface area contributed by atoms with E-state index < -0.39 is 9.84 Å². The molecule has 1 amide bonds. The Bertz CT molecular complexity index is 1020. The van der Waals surface area contributed by atoms with Crippen LogP contribution in [0.5, 0.6) is 0 Å². The van der Waals surface area contributed by atoms with Gasteiger partial charge in [-0.05, 0) is 55.7 Å². The number of fused-ring (bicyclic) bond motifs is 1. The van der Waals surface area contributed by atoms with Gasteiger partial charge < -0.3 is 5.32 Å². The molecule has 0 bridgehead atoms. The maximum atomic E-state index is 12.3. The molecule has 1 unspecified atom stereocenters. The molecule has 2 heterocycles. The standard InChI is InChI=1S/C19H21ClN2O3S2/c20-13-1-2-15-16(5-13)26-18(22-15)12-6-19(7-12)8-14(9-19)21-17(23)11-3-4-27(24,25)10-11/h1-2,5,11-12,14H,3-4,6-10H2,(H,21,23). The summed E-state index contributed by atoms with van der Waals surface area (Å²) in [5.74, 6) is 0.248. The maximum absolute atomic E-state index is 12.3. The normalized spacial score (nSPS) is 34.3. The van der Waals surface area contributed by atoms with E-state index in [1.165, 1.54) is 5.01 Å². The summed E-state index contributed by atoms with van der Waals surface area (Å²) >= 11 is 7.80. The van der Waals surface area contributed by atoms with Crippen molar-refractivity contribution in [3.8, 4) is 0 Å². The van der Waals surface area contributed by atoms with Crippen LogP contribution >= 0.6 is 22.9 Å². The Balaban J connectivity index is 1.15. The van der Waals surface area contributed by atoms with E-state index in [0.29, 0.717) is 17.8 Å². The molecule has 2 aliphatic carbocycles. The number of halogens is 1. The summed E-state index contributed by atoms with van der Waals surface area (Å²) in [6, 6.07) is 6.04. The number of amides is 1. The van der Waals surface area contributed by atoms with Crippen LogP contribution in [-0.4, -0.2) is 36.9 Å².